The van der Waals surface area contributed by atoms with Crippen LogP contribution in [0.2, 0.25) is 0 Å². The molecule has 0 aromatic rings. The van der Waals surface area contributed by atoms with Crippen molar-refractivity contribution in [3.8, 4) is 36.2 Å². The SMILES string of the molecule is C#CC#CC#CO[C@](C)(O[C@@H]1O[C@H](CO[C@@H]2O[C@H](CO)[C@@H](O)[C@H](O)[C@H]2O)[C@@H](O)[C@H](O)[C@H]1O)[C@H]1CC[C@]2(C)[C@@H]1[C@H](O)C[C@@H]1[C@@]3(C)CC[C@@H](O[C@@H]4O[C@H](CO)[C@@H](O)[C@H](O)[C@H]4O[C@H]4O[C@@H](CO)[C@H](O)[C@@H](O)[C@@H]4O)C(C)(C)[C@H]3CC[C@]12C. The average molecular weight is 1120 g/mol. The second kappa shape index (κ2) is 23.7. The van der Waals surface area contributed by atoms with Crippen molar-refractivity contribution in [3.63, 3.8) is 0 Å². The molecule has 0 unspecified atom stereocenters. The van der Waals surface area contributed by atoms with Gasteiger partial charge in [-0.25, -0.2) is 0 Å². The summed E-state index contributed by atoms with van der Waals surface area (Å²) < 4.78 is 54.5. The highest BCUT2D eigenvalue weighted by atomic mass is 16.8. The molecule has 24 heteroatoms. The molecule has 15 N–H and O–H groups in total. The van der Waals surface area contributed by atoms with E-state index in [9.17, 15) is 76.6 Å². The van der Waals surface area contributed by atoms with E-state index in [4.69, 9.17) is 49.1 Å². The number of aliphatic hydroxyl groups is 15. The molecule has 0 radical (unpaired) electrons. The first kappa shape index (κ1) is 61.6. The standard InChI is InChI=1S/C54H82O24/c1-8-9-10-11-18-71-54(7,78-48-44(69)40(65)37(62)29(75-48)23-70-46-42(67)38(63)34(59)26(20-55)72-46)24-12-16-53(6)33(24)25(58)19-31-51(4)15-14-32(50(2,3)30(51)13-17-52(31,53)5)76-49-45(41(66)36(61)28(22-57)74-49)77-47-43(68)39(64)35(60)27(21-56)73-47/h1,24-49,55-69H,12-17,19-23H2,2-7H3/t24-,25+,26+,27-,28+,29+,30+,31+,32+,33-,34+,35-,36+,37+,38-,39+,40-,41-,42+,43-,44+,45+,46+,47+,48-,49-,51-,52+,53+,54+/m0/s1. The minimum Gasteiger partial charge on any atom is -0.411 e. The van der Waals surface area contributed by atoms with Gasteiger partial charge in [0.05, 0.1) is 38.6 Å². The van der Waals surface area contributed by atoms with Crippen molar-refractivity contribution in [3.05, 3.63) is 0 Å². The van der Waals surface area contributed by atoms with Gasteiger partial charge in [0.25, 0.3) is 0 Å². The van der Waals surface area contributed by atoms with Gasteiger partial charge >= 0.3 is 0 Å². The zero-order valence-electron chi connectivity index (χ0n) is 44.7. The van der Waals surface area contributed by atoms with E-state index in [1.807, 2.05) is 0 Å². The van der Waals surface area contributed by atoms with Crippen LogP contribution in [0.5, 0.6) is 0 Å². The smallest absolute Gasteiger partial charge is 0.223 e. The third-order valence-electron chi connectivity index (χ3n) is 20.1. The van der Waals surface area contributed by atoms with E-state index in [1.165, 1.54) is 0 Å². The van der Waals surface area contributed by atoms with E-state index >= 15 is 0 Å². The molecule has 0 amide bonds. The number of terminal acetylenes is 1. The van der Waals surface area contributed by atoms with Crippen molar-refractivity contribution < 1.29 is 119 Å². The lowest BCUT2D eigenvalue weighted by Crippen LogP contribution is -2.68. The Bertz CT molecular complexity index is 2230. The van der Waals surface area contributed by atoms with Gasteiger partial charge in [-0.05, 0) is 96.2 Å². The summed E-state index contributed by atoms with van der Waals surface area (Å²) in [6.07, 6.45) is -22.6. The lowest BCUT2D eigenvalue weighted by atomic mass is 9.35. The van der Waals surface area contributed by atoms with Gasteiger partial charge in [0.15, 0.2) is 25.2 Å². The number of ether oxygens (including phenoxy) is 9. The molecule has 4 aliphatic carbocycles. The number of aliphatic hydroxyl groups excluding tert-OH is 15. The summed E-state index contributed by atoms with van der Waals surface area (Å²) in [6.45, 7) is 9.70. The third-order valence-corrected chi connectivity index (χ3v) is 20.1. The van der Waals surface area contributed by atoms with E-state index in [2.05, 4.69) is 64.4 Å². The van der Waals surface area contributed by atoms with Gasteiger partial charge in [0.1, 0.15) is 104 Å². The lowest BCUT2D eigenvalue weighted by Gasteiger charge is -2.70. The summed E-state index contributed by atoms with van der Waals surface area (Å²) in [5, 5.41) is 161. The van der Waals surface area contributed by atoms with Crippen molar-refractivity contribution >= 4 is 0 Å². The van der Waals surface area contributed by atoms with Crippen LogP contribution in [0, 0.1) is 81.5 Å². The molecule has 4 aliphatic heterocycles. The molecule has 30 atom stereocenters. The maximum atomic E-state index is 12.7. The van der Waals surface area contributed by atoms with E-state index in [0.717, 1.165) is 6.42 Å². The van der Waals surface area contributed by atoms with Gasteiger partial charge in [-0.1, -0.05) is 34.6 Å². The minimum absolute atomic E-state index is 0.0235. The monoisotopic (exact) mass is 1110 g/mol. The van der Waals surface area contributed by atoms with Crippen LogP contribution >= 0.6 is 0 Å². The summed E-state index contributed by atoms with van der Waals surface area (Å²) in [4.78, 5) is 0. The molecule has 0 bridgehead atoms. The molecule has 442 valence electrons. The number of hydrogen-bond donors (Lipinski definition) is 15. The largest absolute Gasteiger partial charge is 0.411 e. The molecular formula is C54H82O24. The highest BCUT2D eigenvalue weighted by Gasteiger charge is 2.73. The topological polar surface area (TPSA) is 387 Å². The summed E-state index contributed by atoms with van der Waals surface area (Å²) in [5.41, 5.74) is -2.01. The molecule has 0 spiro atoms. The quantitative estimate of drug-likeness (QED) is 0.0444. The fourth-order valence-corrected chi connectivity index (χ4v) is 15.6. The molecule has 4 saturated carbocycles. The van der Waals surface area contributed by atoms with Gasteiger partial charge in [-0.15, -0.1) is 6.42 Å². The normalized spacial score (nSPS) is 51.6. The van der Waals surface area contributed by atoms with Crippen molar-refractivity contribution in [1.29, 1.82) is 0 Å². The average Bonchev–Trinajstić information content (AvgIpc) is 3.87. The maximum Gasteiger partial charge on any atom is 0.223 e. The third kappa shape index (κ3) is 10.7. The van der Waals surface area contributed by atoms with Crippen LogP contribution in [-0.4, -0.2) is 244 Å². The first-order valence-electron chi connectivity index (χ1n) is 27.0. The van der Waals surface area contributed by atoms with Gasteiger partial charge < -0.3 is 119 Å². The Morgan fingerprint density at radius 2 is 1.06 bits per heavy atom. The van der Waals surface area contributed by atoms with Gasteiger partial charge in [-0.3, -0.25) is 0 Å². The molecule has 0 aromatic carbocycles. The molecule has 0 aromatic heterocycles. The minimum atomic E-state index is -1.88. The zero-order valence-corrected chi connectivity index (χ0v) is 44.7. The van der Waals surface area contributed by atoms with Crippen molar-refractivity contribution in [2.24, 2.45) is 45.3 Å². The van der Waals surface area contributed by atoms with Crippen molar-refractivity contribution in [1.82, 2.24) is 0 Å². The van der Waals surface area contributed by atoms with Crippen LogP contribution in [0.25, 0.3) is 0 Å². The summed E-state index contributed by atoms with van der Waals surface area (Å²) in [6, 6.07) is 0. The molecule has 4 saturated heterocycles. The number of hydrogen-bond acceptors (Lipinski definition) is 24. The number of rotatable bonds is 14. The fourth-order valence-electron chi connectivity index (χ4n) is 15.6. The fraction of sp³-hybridized carbons (Fsp3) is 0.889. The Hall–Kier alpha value is -2.44. The Morgan fingerprint density at radius 1 is 0.538 bits per heavy atom. The van der Waals surface area contributed by atoms with Crippen LogP contribution < -0.4 is 0 Å². The summed E-state index contributed by atoms with van der Waals surface area (Å²) in [5.74, 6) is 6.55. The summed E-state index contributed by atoms with van der Waals surface area (Å²) in [7, 11) is 0. The van der Waals surface area contributed by atoms with Crippen LogP contribution in [0.1, 0.15) is 86.5 Å². The van der Waals surface area contributed by atoms with Crippen LogP contribution in [0.15, 0.2) is 0 Å². The van der Waals surface area contributed by atoms with Crippen LogP contribution in [0.4, 0.5) is 0 Å². The highest BCUT2D eigenvalue weighted by Crippen LogP contribution is 2.76. The van der Waals surface area contributed by atoms with E-state index in [0.29, 0.717) is 38.5 Å². The lowest BCUT2D eigenvalue weighted by molar-refractivity contribution is -0.380. The van der Waals surface area contributed by atoms with Gasteiger partial charge in [0.2, 0.25) is 5.79 Å². The van der Waals surface area contributed by atoms with E-state index in [1.54, 1.807) is 6.92 Å². The Balaban J connectivity index is 1.02. The first-order chi connectivity index (χ1) is 36.7. The molecule has 8 rings (SSSR count). The van der Waals surface area contributed by atoms with Gasteiger partial charge in [0, 0.05) is 24.7 Å². The van der Waals surface area contributed by atoms with E-state index < -0.39 is 201 Å². The van der Waals surface area contributed by atoms with Gasteiger partial charge in [-0.2, -0.15) is 0 Å². The summed E-state index contributed by atoms with van der Waals surface area (Å²) >= 11 is 0. The van der Waals surface area contributed by atoms with Crippen LogP contribution in [-0.2, 0) is 42.6 Å². The Morgan fingerprint density at radius 3 is 1.67 bits per heavy atom. The van der Waals surface area contributed by atoms with Crippen LogP contribution in [0.3, 0.4) is 0 Å². The Kier molecular flexibility index (Phi) is 18.7. The van der Waals surface area contributed by atoms with E-state index in [-0.39, 0.29) is 11.8 Å². The highest BCUT2D eigenvalue weighted by molar-refractivity contribution is 5.33. The predicted molar refractivity (Wildman–Crippen MR) is 263 cm³/mol. The maximum absolute atomic E-state index is 12.7. The van der Waals surface area contributed by atoms with Crippen molar-refractivity contribution in [2.75, 3.05) is 26.4 Å². The molecule has 4 heterocycles. The zero-order chi connectivity index (χ0) is 57.2. The van der Waals surface area contributed by atoms with Crippen molar-refractivity contribution in [2.45, 2.75) is 227 Å². The molecule has 78 heavy (non-hydrogen) atoms. The predicted octanol–water partition coefficient (Wildman–Crippen LogP) is -4.38. The number of fused-ring (bicyclic) bond motifs is 5. The molecule has 24 nitrogen and oxygen atoms in total. The second-order valence-corrected chi connectivity index (χ2v) is 24.4. The molecule has 8 aliphatic rings. The first-order valence-corrected chi connectivity index (χ1v) is 27.0. The molecular weight excluding hydrogens is 1030 g/mol. The second-order valence-electron chi connectivity index (χ2n) is 24.4. The molecule has 8 fully saturated rings. The Labute approximate surface area is 453 Å².